The zero-order valence-corrected chi connectivity index (χ0v) is 25.9. The third-order valence-corrected chi connectivity index (χ3v) is 8.45. The number of hydrogen-bond acceptors (Lipinski definition) is 6. The van der Waals surface area contributed by atoms with Crippen molar-refractivity contribution < 1.29 is 9.47 Å². The molecule has 1 fully saturated rings. The van der Waals surface area contributed by atoms with Crippen molar-refractivity contribution in [3.05, 3.63) is 107 Å². The van der Waals surface area contributed by atoms with Crippen LogP contribution in [-0.2, 0) is 24.9 Å². The van der Waals surface area contributed by atoms with E-state index in [0.717, 1.165) is 59.7 Å². The number of ether oxygens (including phenoxy) is 2. The Morgan fingerprint density at radius 3 is 2.42 bits per heavy atom. The first kappa shape index (κ1) is 28.9. The Bertz CT molecular complexity index is 1990. The first-order valence-corrected chi connectivity index (χ1v) is 15.5. The molecule has 2 unspecified atom stereocenters. The predicted molar refractivity (Wildman–Crippen MR) is 179 cm³/mol. The quantitative estimate of drug-likeness (QED) is 0.199. The van der Waals surface area contributed by atoms with Gasteiger partial charge in [0.15, 0.2) is 5.75 Å². The monoisotopic (exact) mass is 602 g/mol. The highest BCUT2D eigenvalue weighted by Gasteiger charge is 2.25. The molecule has 230 valence electrons. The minimum Gasteiger partial charge on any atom is -0.454 e. The van der Waals surface area contributed by atoms with Gasteiger partial charge in [0.1, 0.15) is 16.8 Å². The Labute approximate surface area is 262 Å². The molecule has 1 aliphatic rings. The van der Waals surface area contributed by atoms with Crippen LogP contribution in [0.2, 0.25) is 0 Å². The first-order valence-electron chi connectivity index (χ1n) is 15.5. The van der Waals surface area contributed by atoms with E-state index in [4.69, 9.17) is 14.5 Å². The first-order chi connectivity index (χ1) is 21.9. The van der Waals surface area contributed by atoms with E-state index in [0.29, 0.717) is 23.6 Å². The van der Waals surface area contributed by atoms with Gasteiger partial charge in [0.2, 0.25) is 5.95 Å². The summed E-state index contributed by atoms with van der Waals surface area (Å²) < 4.78 is 16.6. The van der Waals surface area contributed by atoms with Gasteiger partial charge in [0, 0.05) is 68.7 Å². The van der Waals surface area contributed by atoms with E-state index in [1.165, 1.54) is 5.56 Å². The van der Waals surface area contributed by atoms with Gasteiger partial charge in [-0.3, -0.25) is 9.69 Å². The second-order valence-corrected chi connectivity index (χ2v) is 11.9. The Morgan fingerprint density at radius 1 is 0.933 bits per heavy atom. The van der Waals surface area contributed by atoms with Gasteiger partial charge >= 0.3 is 0 Å². The average molecular weight is 603 g/mol. The lowest BCUT2D eigenvalue weighted by atomic mass is 10.0. The number of morpholine rings is 1. The number of aromatic amines is 1. The molecule has 9 nitrogen and oxygen atoms in total. The third-order valence-electron chi connectivity index (χ3n) is 8.45. The fraction of sp³-hybridized carbons (Fsp3) is 0.278. The molecule has 0 radical (unpaired) electrons. The van der Waals surface area contributed by atoms with Crippen molar-refractivity contribution in [1.29, 1.82) is 0 Å². The maximum absolute atomic E-state index is 12.9. The van der Waals surface area contributed by atoms with Crippen molar-refractivity contribution in [2.24, 2.45) is 7.05 Å². The van der Waals surface area contributed by atoms with Gasteiger partial charge in [0.05, 0.1) is 17.7 Å². The average Bonchev–Trinajstić information content (AvgIpc) is 3.67. The number of pyridine rings is 1. The molecule has 4 heterocycles. The number of H-pyrrole nitrogens is 1. The number of nitrogens with zero attached hydrogens (tertiary/aromatic N) is 4. The number of fused-ring (bicyclic) bond motifs is 2. The number of aromatic nitrogens is 4. The second kappa shape index (κ2) is 12.3. The molecule has 45 heavy (non-hydrogen) atoms. The van der Waals surface area contributed by atoms with E-state index in [2.05, 4.69) is 57.9 Å². The molecular formula is C36H38N6O3. The second-order valence-electron chi connectivity index (χ2n) is 11.9. The number of rotatable bonds is 9. The molecule has 0 amide bonds. The summed E-state index contributed by atoms with van der Waals surface area (Å²) in [5.41, 5.74) is 5.15. The van der Waals surface area contributed by atoms with Gasteiger partial charge in [-0.15, -0.1) is 0 Å². The fourth-order valence-electron chi connectivity index (χ4n) is 6.42. The molecule has 0 saturated carbocycles. The minimum absolute atomic E-state index is 0.0752. The number of imidazole rings is 1. The van der Waals surface area contributed by atoms with Crippen molar-refractivity contribution in [3.63, 3.8) is 0 Å². The summed E-state index contributed by atoms with van der Waals surface area (Å²) >= 11 is 0. The lowest BCUT2D eigenvalue weighted by Crippen LogP contribution is -2.46. The Hall–Kier alpha value is -4.86. The smallest absolute Gasteiger partial charge is 0.274 e. The third kappa shape index (κ3) is 5.84. The predicted octanol–water partition coefficient (Wildman–Crippen LogP) is 6.40. The summed E-state index contributed by atoms with van der Waals surface area (Å²) in [6.45, 7) is 8.33. The number of benzene rings is 3. The number of anilines is 1. The van der Waals surface area contributed by atoms with E-state index in [1.807, 2.05) is 60.8 Å². The van der Waals surface area contributed by atoms with Crippen molar-refractivity contribution in [2.75, 3.05) is 25.0 Å². The van der Waals surface area contributed by atoms with Gasteiger partial charge in [-0.05, 0) is 49.7 Å². The summed E-state index contributed by atoms with van der Waals surface area (Å²) in [5, 5.41) is 4.46. The molecule has 3 aromatic heterocycles. The maximum Gasteiger partial charge on any atom is 0.274 e. The van der Waals surface area contributed by atoms with Crippen LogP contribution in [-0.4, -0.2) is 55.8 Å². The number of aryl methyl sites for hydroxylation is 1. The Kier molecular flexibility index (Phi) is 7.87. The van der Waals surface area contributed by atoms with Crippen molar-refractivity contribution in [3.8, 4) is 22.6 Å². The molecule has 2 N–H and O–H groups in total. The van der Waals surface area contributed by atoms with Gasteiger partial charge in [0.25, 0.3) is 5.56 Å². The van der Waals surface area contributed by atoms with E-state index in [9.17, 15) is 4.79 Å². The summed E-state index contributed by atoms with van der Waals surface area (Å²) in [7, 11) is 1.77. The van der Waals surface area contributed by atoms with E-state index in [1.54, 1.807) is 17.8 Å². The molecular weight excluding hydrogens is 564 g/mol. The zero-order valence-electron chi connectivity index (χ0n) is 25.9. The molecule has 6 aromatic rings. The number of nitrogens with one attached hydrogen (secondary N) is 2. The van der Waals surface area contributed by atoms with Crippen LogP contribution in [0.1, 0.15) is 19.4 Å². The normalized spacial score (nSPS) is 17.2. The van der Waals surface area contributed by atoms with Crippen LogP contribution in [0.15, 0.2) is 96.1 Å². The van der Waals surface area contributed by atoms with Crippen molar-refractivity contribution >= 4 is 27.9 Å². The van der Waals surface area contributed by atoms with Crippen LogP contribution < -0.4 is 15.6 Å². The van der Waals surface area contributed by atoms with E-state index >= 15 is 0 Å². The molecule has 3 aromatic carbocycles. The maximum atomic E-state index is 12.9. The van der Waals surface area contributed by atoms with Gasteiger partial charge < -0.3 is 28.9 Å². The Morgan fingerprint density at radius 2 is 1.67 bits per heavy atom. The van der Waals surface area contributed by atoms with Gasteiger partial charge in [-0.1, -0.05) is 48.5 Å². The molecule has 2 atom stereocenters. The van der Waals surface area contributed by atoms with E-state index < -0.39 is 0 Å². The van der Waals surface area contributed by atoms with Crippen LogP contribution in [0.5, 0.6) is 11.5 Å². The zero-order chi connectivity index (χ0) is 30.9. The lowest BCUT2D eigenvalue weighted by molar-refractivity contribution is -0.0684. The van der Waals surface area contributed by atoms with Crippen molar-refractivity contribution in [1.82, 2.24) is 24.0 Å². The molecule has 1 saturated heterocycles. The fourth-order valence-corrected chi connectivity index (χ4v) is 6.42. The lowest BCUT2D eigenvalue weighted by Gasteiger charge is -2.35. The molecule has 0 spiro atoms. The van der Waals surface area contributed by atoms with E-state index in [-0.39, 0.29) is 17.8 Å². The van der Waals surface area contributed by atoms with Gasteiger partial charge in [-0.2, -0.15) is 0 Å². The highest BCUT2D eigenvalue weighted by atomic mass is 16.5. The molecule has 7 rings (SSSR count). The number of para-hydroxylation sites is 1. The van der Waals surface area contributed by atoms with Crippen LogP contribution in [0.3, 0.4) is 0 Å². The SMILES string of the molecule is CC1CN(CCn2c(NCc3ccccc3)nc3c(Oc4ccccc4)c(-c4cn(C)c(=O)c5[nH]ccc45)ccc32)CC(C)O1. The molecule has 0 aliphatic carbocycles. The van der Waals surface area contributed by atoms with Crippen LogP contribution in [0, 0.1) is 0 Å². The largest absolute Gasteiger partial charge is 0.454 e. The summed E-state index contributed by atoms with van der Waals surface area (Å²) in [4.78, 5) is 23.7. The van der Waals surface area contributed by atoms with Crippen molar-refractivity contribution in [2.45, 2.75) is 39.1 Å². The van der Waals surface area contributed by atoms with Gasteiger partial charge in [-0.25, -0.2) is 4.98 Å². The Balaban J connectivity index is 1.37. The summed E-state index contributed by atoms with van der Waals surface area (Å²) in [5.74, 6) is 2.14. The molecule has 0 bridgehead atoms. The topological polar surface area (TPSA) is 89.3 Å². The summed E-state index contributed by atoms with van der Waals surface area (Å²) in [6, 6.07) is 26.3. The highest BCUT2D eigenvalue weighted by molar-refractivity contribution is 6.00. The highest BCUT2D eigenvalue weighted by Crippen LogP contribution is 2.42. The molecule has 9 heteroatoms. The number of hydrogen-bond donors (Lipinski definition) is 2. The van der Waals surface area contributed by atoms with Crippen LogP contribution in [0.25, 0.3) is 33.1 Å². The minimum atomic E-state index is -0.0752. The van der Waals surface area contributed by atoms with Crippen LogP contribution in [0.4, 0.5) is 5.95 Å². The summed E-state index contributed by atoms with van der Waals surface area (Å²) in [6.07, 6.45) is 4.08. The standard InChI is InChI=1S/C36H38N6O3/c1-24-21-41(22-25(2)44-24)18-19-42-31-15-14-29(30-23-40(3)35(43)32-28(30)16-17-37-32)34(45-27-12-8-5-9-13-27)33(31)39-36(42)38-20-26-10-6-4-7-11-26/h4-17,23-25,37H,18-22H2,1-3H3,(H,38,39). The molecule has 1 aliphatic heterocycles. The van der Waals surface area contributed by atoms with Crippen LogP contribution >= 0.6 is 0 Å².